The van der Waals surface area contributed by atoms with Crippen molar-refractivity contribution in [3.63, 3.8) is 0 Å². The largest absolute Gasteiger partial charge is 0.373 e. The molecule has 1 aromatic rings. The number of rotatable bonds is 5. The van der Waals surface area contributed by atoms with Crippen LogP contribution in [0.25, 0.3) is 0 Å². The summed E-state index contributed by atoms with van der Waals surface area (Å²) in [6.07, 6.45) is 1.99. The lowest BCUT2D eigenvalue weighted by Gasteiger charge is -2.47. The van der Waals surface area contributed by atoms with Gasteiger partial charge in [-0.3, -0.25) is 0 Å². The normalized spacial score (nSPS) is 33.8. The molecule has 0 N–H and O–H groups in total. The van der Waals surface area contributed by atoms with Gasteiger partial charge >= 0.3 is 0 Å². The summed E-state index contributed by atoms with van der Waals surface area (Å²) in [5, 5.41) is 0. The SMILES string of the molecule is Fc1ccc(CC2CCN(CC34CC(C(F)F)(CO3)C4)CC2)cc1. The number of alkyl halides is 2. The highest BCUT2D eigenvalue weighted by atomic mass is 19.3. The molecule has 0 aromatic heterocycles. The van der Waals surface area contributed by atoms with Crippen molar-refractivity contribution < 1.29 is 17.9 Å². The minimum absolute atomic E-state index is 0.190. The van der Waals surface area contributed by atoms with Crippen molar-refractivity contribution in [1.82, 2.24) is 4.90 Å². The third-order valence-corrected chi connectivity index (χ3v) is 6.13. The van der Waals surface area contributed by atoms with Gasteiger partial charge in [0.05, 0.1) is 17.6 Å². The average molecular weight is 339 g/mol. The van der Waals surface area contributed by atoms with E-state index in [2.05, 4.69) is 4.90 Å². The molecule has 0 amide bonds. The highest BCUT2D eigenvalue weighted by Gasteiger charge is 2.66. The topological polar surface area (TPSA) is 12.5 Å². The fraction of sp³-hybridized carbons (Fsp3) is 0.684. The van der Waals surface area contributed by atoms with Gasteiger partial charge in [-0.1, -0.05) is 12.1 Å². The summed E-state index contributed by atoms with van der Waals surface area (Å²) in [6, 6.07) is 6.77. The maximum atomic E-state index is 13.1. The van der Waals surface area contributed by atoms with Gasteiger partial charge in [0.1, 0.15) is 5.82 Å². The monoisotopic (exact) mass is 339 g/mol. The van der Waals surface area contributed by atoms with Crippen molar-refractivity contribution in [3.8, 4) is 0 Å². The first-order valence-corrected chi connectivity index (χ1v) is 8.88. The summed E-state index contributed by atoms with van der Waals surface area (Å²) in [4.78, 5) is 2.38. The van der Waals surface area contributed by atoms with E-state index in [0.717, 1.165) is 38.9 Å². The Labute approximate surface area is 141 Å². The number of ether oxygens (including phenoxy) is 1. The first kappa shape index (κ1) is 16.4. The Bertz CT molecular complexity index is 575. The lowest BCUT2D eigenvalue weighted by atomic mass is 9.62. The lowest BCUT2D eigenvalue weighted by molar-refractivity contribution is -0.0903. The summed E-state index contributed by atoms with van der Waals surface area (Å²) in [5.74, 6) is 0.431. The van der Waals surface area contributed by atoms with Crippen LogP contribution in [0.1, 0.15) is 31.2 Å². The van der Waals surface area contributed by atoms with Crippen LogP contribution in [0.4, 0.5) is 13.2 Å². The molecule has 1 aliphatic carbocycles. The number of halogens is 3. The van der Waals surface area contributed by atoms with E-state index in [1.807, 2.05) is 12.1 Å². The first-order chi connectivity index (χ1) is 11.5. The molecule has 4 fully saturated rings. The zero-order valence-electron chi connectivity index (χ0n) is 13.8. The van der Waals surface area contributed by atoms with Gasteiger partial charge in [0, 0.05) is 6.54 Å². The Kier molecular flexibility index (Phi) is 4.12. The minimum atomic E-state index is -2.26. The average Bonchev–Trinajstić information content (AvgIpc) is 3.08. The molecule has 0 unspecified atom stereocenters. The molecule has 4 aliphatic rings. The molecule has 3 saturated heterocycles. The molecular formula is C19H24F3NO. The molecular weight excluding hydrogens is 315 g/mol. The first-order valence-electron chi connectivity index (χ1n) is 8.88. The van der Waals surface area contributed by atoms with E-state index in [9.17, 15) is 13.2 Å². The molecule has 132 valence electrons. The number of nitrogens with zero attached hydrogens (tertiary/aromatic N) is 1. The molecule has 0 spiro atoms. The third-order valence-electron chi connectivity index (χ3n) is 6.13. The molecule has 5 heteroatoms. The van der Waals surface area contributed by atoms with E-state index < -0.39 is 11.8 Å². The Morgan fingerprint density at radius 3 is 2.38 bits per heavy atom. The van der Waals surface area contributed by atoms with Gasteiger partial charge in [0.15, 0.2) is 0 Å². The summed E-state index contributed by atoms with van der Waals surface area (Å²) in [7, 11) is 0. The molecule has 1 aromatic carbocycles. The molecule has 2 nitrogen and oxygen atoms in total. The minimum Gasteiger partial charge on any atom is -0.373 e. The number of hydrogen-bond donors (Lipinski definition) is 0. The zero-order valence-corrected chi connectivity index (χ0v) is 13.8. The van der Waals surface area contributed by atoms with E-state index in [1.54, 1.807) is 0 Å². The fourth-order valence-corrected chi connectivity index (χ4v) is 4.82. The van der Waals surface area contributed by atoms with Crippen molar-refractivity contribution in [2.75, 3.05) is 26.2 Å². The van der Waals surface area contributed by atoms with Crippen molar-refractivity contribution in [1.29, 1.82) is 0 Å². The van der Waals surface area contributed by atoms with Gasteiger partial charge in [-0.2, -0.15) is 0 Å². The lowest BCUT2D eigenvalue weighted by Crippen LogP contribution is -2.55. The maximum Gasteiger partial charge on any atom is 0.246 e. The van der Waals surface area contributed by atoms with Crippen LogP contribution in [0.2, 0.25) is 0 Å². The molecule has 0 atom stereocenters. The van der Waals surface area contributed by atoms with Crippen molar-refractivity contribution in [2.45, 2.75) is 44.1 Å². The highest BCUT2D eigenvalue weighted by molar-refractivity contribution is 5.17. The molecule has 3 aliphatic heterocycles. The van der Waals surface area contributed by atoms with Gasteiger partial charge in [-0.25, -0.2) is 13.2 Å². The van der Waals surface area contributed by atoms with Crippen LogP contribution in [0.3, 0.4) is 0 Å². The van der Waals surface area contributed by atoms with Gasteiger partial charge < -0.3 is 9.64 Å². The van der Waals surface area contributed by atoms with E-state index in [1.165, 1.54) is 17.7 Å². The van der Waals surface area contributed by atoms with E-state index >= 15 is 0 Å². The van der Waals surface area contributed by atoms with Crippen molar-refractivity contribution >= 4 is 0 Å². The number of piperidine rings is 1. The highest BCUT2D eigenvalue weighted by Crippen LogP contribution is 2.60. The molecule has 1 saturated carbocycles. The van der Waals surface area contributed by atoms with Crippen LogP contribution >= 0.6 is 0 Å². The van der Waals surface area contributed by atoms with Crippen LogP contribution < -0.4 is 0 Å². The fourth-order valence-electron chi connectivity index (χ4n) is 4.82. The van der Waals surface area contributed by atoms with Crippen LogP contribution in [0.5, 0.6) is 0 Å². The Balaban J connectivity index is 1.25. The quantitative estimate of drug-likeness (QED) is 0.807. The molecule has 2 bridgehead atoms. The van der Waals surface area contributed by atoms with Gasteiger partial charge in [0.25, 0.3) is 0 Å². The van der Waals surface area contributed by atoms with Crippen LogP contribution in [-0.4, -0.2) is 43.2 Å². The molecule has 5 rings (SSSR count). The third kappa shape index (κ3) is 2.97. The summed E-state index contributed by atoms with van der Waals surface area (Å²) >= 11 is 0. The van der Waals surface area contributed by atoms with Crippen LogP contribution in [0, 0.1) is 17.2 Å². The van der Waals surface area contributed by atoms with Crippen molar-refractivity contribution in [2.24, 2.45) is 11.3 Å². The number of hydrogen-bond acceptors (Lipinski definition) is 2. The van der Waals surface area contributed by atoms with E-state index in [0.29, 0.717) is 18.8 Å². The predicted molar refractivity (Wildman–Crippen MR) is 85.6 cm³/mol. The molecule has 24 heavy (non-hydrogen) atoms. The second-order valence-electron chi connectivity index (χ2n) is 8.04. The van der Waals surface area contributed by atoms with Gasteiger partial charge in [0.2, 0.25) is 6.43 Å². The summed E-state index contributed by atoms with van der Waals surface area (Å²) < 4.78 is 44.9. The smallest absolute Gasteiger partial charge is 0.246 e. The Morgan fingerprint density at radius 2 is 1.79 bits per heavy atom. The number of benzene rings is 1. The summed E-state index contributed by atoms with van der Waals surface area (Å²) in [5.41, 5.74) is 0.0366. The standard InChI is InChI=1S/C19H24F3NO/c20-16-3-1-14(2-4-16)9-15-5-7-23(8-6-15)12-19-10-18(11-19,13-24-19)17(21)22/h1-4,15,17H,5-13H2. The van der Waals surface area contributed by atoms with Crippen LogP contribution in [0.15, 0.2) is 24.3 Å². The number of likely N-dealkylation sites (tertiary alicyclic amines) is 1. The zero-order chi connectivity index (χ0) is 16.8. The second kappa shape index (κ2) is 6.03. The predicted octanol–water partition coefficient (Wildman–Crippen LogP) is 3.89. The van der Waals surface area contributed by atoms with Gasteiger partial charge in [-0.05, 0) is 68.8 Å². The molecule has 3 heterocycles. The van der Waals surface area contributed by atoms with E-state index in [-0.39, 0.29) is 18.0 Å². The van der Waals surface area contributed by atoms with E-state index in [4.69, 9.17) is 4.74 Å². The molecule has 0 radical (unpaired) electrons. The summed E-state index contributed by atoms with van der Waals surface area (Å²) in [6.45, 7) is 3.02. The van der Waals surface area contributed by atoms with Crippen LogP contribution in [-0.2, 0) is 11.2 Å². The Morgan fingerprint density at radius 1 is 1.12 bits per heavy atom. The maximum absolute atomic E-state index is 13.1. The van der Waals surface area contributed by atoms with Crippen molar-refractivity contribution in [3.05, 3.63) is 35.6 Å². The number of fused-ring (bicyclic) bond motifs is 1. The Hall–Kier alpha value is -1.07. The second-order valence-corrected chi connectivity index (χ2v) is 8.04. The van der Waals surface area contributed by atoms with Gasteiger partial charge in [-0.15, -0.1) is 0 Å².